The Balaban J connectivity index is 2.11. The number of hydrogen-bond acceptors (Lipinski definition) is 0. The molecule has 1 heteroatoms. The Morgan fingerprint density at radius 1 is 1.43 bits per heavy atom. The lowest BCUT2D eigenvalue weighted by molar-refractivity contribution is 0.878. The molecule has 0 amide bonds. The highest BCUT2D eigenvalue weighted by Gasteiger charge is 2.14. The molecule has 0 heterocycles. The summed E-state index contributed by atoms with van der Waals surface area (Å²) in [5.41, 5.74) is 2.76. The summed E-state index contributed by atoms with van der Waals surface area (Å²) in [7, 11) is 0. The summed E-state index contributed by atoms with van der Waals surface area (Å²) in [5, 5.41) is 0.942. The third-order valence-electron chi connectivity index (χ3n) is 2.48. The molecule has 0 aromatic heterocycles. The van der Waals surface area contributed by atoms with Crippen LogP contribution < -0.4 is 0 Å². The van der Waals surface area contributed by atoms with E-state index in [1.54, 1.807) is 0 Å². The molecule has 2 rings (SSSR count). The predicted molar refractivity (Wildman–Crippen MR) is 64.6 cm³/mol. The SMILES string of the molecule is BrC/C=C/CC1C=Cc2cc[c]cc21. The lowest BCUT2D eigenvalue weighted by Gasteiger charge is -2.06. The fraction of sp³-hybridized carbons (Fsp3) is 0.231. The van der Waals surface area contributed by atoms with E-state index in [2.05, 4.69) is 58.4 Å². The second-order valence-corrected chi connectivity index (χ2v) is 4.03. The van der Waals surface area contributed by atoms with Gasteiger partial charge in [0.25, 0.3) is 0 Å². The molecule has 0 fully saturated rings. The van der Waals surface area contributed by atoms with Crippen molar-refractivity contribution in [2.45, 2.75) is 12.3 Å². The zero-order chi connectivity index (χ0) is 9.80. The number of hydrogen-bond donors (Lipinski definition) is 0. The molecular weight excluding hydrogens is 236 g/mol. The molecule has 0 bridgehead atoms. The molecule has 0 saturated carbocycles. The summed E-state index contributed by atoms with van der Waals surface area (Å²) in [5.74, 6) is 0.553. The lowest BCUT2D eigenvalue weighted by atomic mass is 9.98. The minimum atomic E-state index is 0.553. The normalized spacial score (nSPS) is 19.1. The van der Waals surface area contributed by atoms with Crippen LogP contribution in [0.4, 0.5) is 0 Å². The Kier molecular flexibility index (Phi) is 3.20. The Bertz CT molecular complexity index is 363. The van der Waals surface area contributed by atoms with E-state index in [4.69, 9.17) is 0 Å². The Hall–Kier alpha value is -0.820. The van der Waals surface area contributed by atoms with Gasteiger partial charge in [0.2, 0.25) is 0 Å². The van der Waals surface area contributed by atoms with Gasteiger partial charge in [0.1, 0.15) is 0 Å². The van der Waals surface area contributed by atoms with Crippen molar-refractivity contribution in [1.82, 2.24) is 0 Å². The second-order valence-electron chi connectivity index (χ2n) is 3.38. The molecule has 1 atom stereocenters. The summed E-state index contributed by atoms with van der Waals surface area (Å²) in [6, 6.07) is 9.34. The van der Waals surface area contributed by atoms with Gasteiger partial charge in [-0.25, -0.2) is 0 Å². The van der Waals surface area contributed by atoms with Crippen molar-refractivity contribution >= 4 is 22.0 Å². The van der Waals surface area contributed by atoms with Crippen LogP contribution in [-0.2, 0) is 0 Å². The van der Waals surface area contributed by atoms with Gasteiger partial charge in [0.15, 0.2) is 0 Å². The lowest BCUT2D eigenvalue weighted by Crippen LogP contribution is -1.90. The van der Waals surface area contributed by atoms with Crippen LogP contribution in [0.2, 0.25) is 0 Å². The average Bonchev–Trinajstić information content (AvgIpc) is 2.63. The van der Waals surface area contributed by atoms with Crippen LogP contribution in [0.25, 0.3) is 6.08 Å². The summed E-state index contributed by atoms with van der Waals surface area (Å²) >= 11 is 3.38. The molecule has 0 saturated heterocycles. The van der Waals surface area contributed by atoms with E-state index >= 15 is 0 Å². The maximum atomic E-state index is 3.38. The standard InChI is InChI=1S/C13H12Br/c14-10-4-3-6-12-9-8-11-5-1-2-7-13(11)12/h1,3-5,7-9,12H,6,10H2/b4-3+. The van der Waals surface area contributed by atoms with Crippen LogP contribution in [0.5, 0.6) is 0 Å². The Morgan fingerprint density at radius 3 is 3.21 bits per heavy atom. The van der Waals surface area contributed by atoms with Gasteiger partial charge >= 0.3 is 0 Å². The van der Waals surface area contributed by atoms with Crippen molar-refractivity contribution in [3.05, 3.63) is 53.6 Å². The fourth-order valence-electron chi connectivity index (χ4n) is 1.76. The first-order valence-electron chi connectivity index (χ1n) is 4.81. The van der Waals surface area contributed by atoms with Gasteiger partial charge in [-0.05, 0) is 29.7 Å². The molecular formula is C13H12Br. The van der Waals surface area contributed by atoms with Crippen LogP contribution in [-0.4, -0.2) is 5.33 Å². The highest BCUT2D eigenvalue weighted by molar-refractivity contribution is 9.09. The van der Waals surface area contributed by atoms with Gasteiger partial charge in [-0.2, -0.15) is 0 Å². The van der Waals surface area contributed by atoms with E-state index in [1.165, 1.54) is 11.1 Å². The number of allylic oxidation sites excluding steroid dienone is 3. The Morgan fingerprint density at radius 2 is 2.36 bits per heavy atom. The van der Waals surface area contributed by atoms with Crippen LogP contribution >= 0.6 is 15.9 Å². The van der Waals surface area contributed by atoms with Gasteiger partial charge in [0.05, 0.1) is 0 Å². The maximum absolute atomic E-state index is 3.38. The molecule has 1 radical (unpaired) electrons. The molecule has 71 valence electrons. The first kappa shape index (κ1) is 9.72. The molecule has 14 heavy (non-hydrogen) atoms. The van der Waals surface area contributed by atoms with Gasteiger partial charge < -0.3 is 0 Å². The van der Waals surface area contributed by atoms with E-state index in [9.17, 15) is 0 Å². The average molecular weight is 248 g/mol. The number of alkyl halides is 1. The first-order valence-corrected chi connectivity index (χ1v) is 5.93. The van der Waals surface area contributed by atoms with E-state index in [0.29, 0.717) is 5.92 Å². The van der Waals surface area contributed by atoms with Crippen LogP contribution in [0, 0.1) is 6.07 Å². The van der Waals surface area contributed by atoms with Crippen molar-refractivity contribution in [3.63, 3.8) is 0 Å². The molecule has 1 unspecified atom stereocenters. The smallest absolute Gasteiger partial charge is 0.0212 e. The minimum absolute atomic E-state index is 0.553. The number of benzene rings is 1. The second kappa shape index (κ2) is 4.61. The third kappa shape index (κ3) is 1.98. The number of rotatable bonds is 3. The maximum Gasteiger partial charge on any atom is 0.0212 e. The van der Waals surface area contributed by atoms with Gasteiger partial charge in [-0.1, -0.05) is 52.4 Å². The summed E-state index contributed by atoms with van der Waals surface area (Å²) in [4.78, 5) is 0. The van der Waals surface area contributed by atoms with Gasteiger partial charge in [-0.3, -0.25) is 0 Å². The molecule has 0 aliphatic heterocycles. The van der Waals surface area contributed by atoms with Crippen LogP contribution in [0.3, 0.4) is 0 Å². The summed E-state index contributed by atoms with van der Waals surface area (Å²) < 4.78 is 0. The first-order chi connectivity index (χ1) is 6.92. The van der Waals surface area contributed by atoms with E-state index in [-0.39, 0.29) is 0 Å². The predicted octanol–water partition coefficient (Wildman–Crippen LogP) is 3.94. The largest absolute Gasteiger partial charge is 0.0883 e. The van der Waals surface area contributed by atoms with Crippen molar-refractivity contribution in [1.29, 1.82) is 0 Å². The molecule has 0 spiro atoms. The summed E-state index contributed by atoms with van der Waals surface area (Å²) in [6.45, 7) is 0. The zero-order valence-electron chi connectivity index (χ0n) is 7.91. The molecule has 1 aromatic rings. The number of fused-ring (bicyclic) bond motifs is 1. The molecule has 1 aliphatic rings. The van der Waals surface area contributed by atoms with Crippen molar-refractivity contribution in [2.75, 3.05) is 5.33 Å². The van der Waals surface area contributed by atoms with Crippen LogP contribution in [0.15, 0.2) is 36.4 Å². The molecule has 0 N–H and O–H groups in total. The Labute approximate surface area is 93.5 Å². The van der Waals surface area contributed by atoms with Crippen molar-refractivity contribution in [3.8, 4) is 0 Å². The van der Waals surface area contributed by atoms with E-state index < -0.39 is 0 Å². The molecule has 0 nitrogen and oxygen atoms in total. The van der Waals surface area contributed by atoms with Gasteiger partial charge in [-0.15, -0.1) is 0 Å². The van der Waals surface area contributed by atoms with E-state index in [1.807, 2.05) is 6.07 Å². The quantitative estimate of drug-likeness (QED) is 0.561. The van der Waals surface area contributed by atoms with Crippen LogP contribution in [0.1, 0.15) is 23.5 Å². The minimum Gasteiger partial charge on any atom is -0.0883 e. The highest BCUT2D eigenvalue weighted by atomic mass is 79.9. The van der Waals surface area contributed by atoms with Crippen molar-refractivity contribution < 1.29 is 0 Å². The topological polar surface area (TPSA) is 0 Å². The zero-order valence-corrected chi connectivity index (χ0v) is 9.50. The van der Waals surface area contributed by atoms with Crippen molar-refractivity contribution in [2.24, 2.45) is 0 Å². The van der Waals surface area contributed by atoms with Gasteiger partial charge in [0, 0.05) is 11.2 Å². The number of halogens is 1. The van der Waals surface area contributed by atoms with E-state index in [0.717, 1.165) is 11.8 Å². The molecule has 1 aliphatic carbocycles. The third-order valence-corrected chi connectivity index (χ3v) is 2.86. The highest BCUT2D eigenvalue weighted by Crippen LogP contribution is 2.32. The molecule has 1 aromatic carbocycles. The summed E-state index contributed by atoms with van der Waals surface area (Å²) in [6.07, 6.45) is 9.95. The monoisotopic (exact) mass is 247 g/mol. The fourth-order valence-corrected chi connectivity index (χ4v) is 2.03.